The maximum absolute atomic E-state index is 12.6. The van der Waals surface area contributed by atoms with E-state index in [1.54, 1.807) is 17.7 Å². The Labute approximate surface area is 173 Å². The highest BCUT2D eigenvalue weighted by molar-refractivity contribution is 7.18. The Morgan fingerprint density at radius 2 is 2.04 bits per heavy atom. The quantitative estimate of drug-likeness (QED) is 0.686. The molecule has 1 saturated heterocycles. The fourth-order valence-electron chi connectivity index (χ4n) is 3.45. The summed E-state index contributed by atoms with van der Waals surface area (Å²) in [6.07, 6.45) is 2.02. The number of aromatic nitrogens is 2. The number of anilines is 2. The smallest absolute Gasteiger partial charge is 0.224 e. The molecule has 0 saturated carbocycles. The summed E-state index contributed by atoms with van der Waals surface area (Å²) in [4.78, 5) is 27.6. The average molecular weight is 416 g/mol. The zero-order valence-corrected chi connectivity index (χ0v) is 17.3. The molecule has 1 aliphatic heterocycles. The van der Waals surface area contributed by atoms with Crippen molar-refractivity contribution in [3.63, 3.8) is 0 Å². The zero-order valence-electron chi connectivity index (χ0n) is 15.7. The van der Waals surface area contributed by atoms with Crippen LogP contribution in [0.3, 0.4) is 0 Å². The third kappa shape index (κ3) is 4.20. The van der Waals surface area contributed by atoms with E-state index in [2.05, 4.69) is 39.2 Å². The van der Waals surface area contributed by atoms with Crippen molar-refractivity contribution < 1.29 is 4.79 Å². The van der Waals surface area contributed by atoms with Gasteiger partial charge in [0, 0.05) is 54.7 Å². The third-order valence-corrected chi connectivity index (χ3v) is 6.08. The SMILES string of the molecule is Cc1cc2c(NCCC(=O)N3CCN(c4cccc(Cl)c4)CC3)ncnc2s1. The van der Waals surface area contributed by atoms with Crippen LogP contribution in [0.25, 0.3) is 10.2 Å². The Balaban J connectivity index is 1.28. The van der Waals surface area contributed by atoms with Gasteiger partial charge in [0.25, 0.3) is 0 Å². The molecule has 0 atom stereocenters. The van der Waals surface area contributed by atoms with Gasteiger partial charge >= 0.3 is 0 Å². The summed E-state index contributed by atoms with van der Waals surface area (Å²) in [5.74, 6) is 0.970. The Morgan fingerprint density at radius 1 is 1.21 bits per heavy atom. The lowest BCUT2D eigenvalue weighted by atomic mass is 10.2. The van der Waals surface area contributed by atoms with Gasteiger partial charge in [0.1, 0.15) is 17.0 Å². The molecule has 1 N–H and O–H groups in total. The number of aryl methyl sites for hydroxylation is 1. The minimum Gasteiger partial charge on any atom is -0.369 e. The first-order chi connectivity index (χ1) is 13.6. The van der Waals surface area contributed by atoms with Gasteiger partial charge in [-0.3, -0.25) is 4.79 Å². The highest BCUT2D eigenvalue weighted by Crippen LogP contribution is 2.27. The number of carbonyl (C=O) groups excluding carboxylic acids is 1. The highest BCUT2D eigenvalue weighted by Gasteiger charge is 2.21. The number of hydrogen-bond acceptors (Lipinski definition) is 6. The number of carbonyl (C=O) groups is 1. The number of piperazine rings is 1. The van der Waals surface area contributed by atoms with Crippen LogP contribution in [-0.2, 0) is 4.79 Å². The molecule has 1 aliphatic rings. The van der Waals surface area contributed by atoms with Crippen LogP contribution in [0.2, 0.25) is 5.02 Å². The van der Waals surface area contributed by atoms with E-state index in [0.717, 1.165) is 52.9 Å². The van der Waals surface area contributed by atoms with E-state index >= 15 is 0 Å². The Morgan fingerprint density at radius 3 is 2.82 bits per heavy atom. The minimum atomic E-state index is 0.171. The molecule has 1 aromatic carbocycles. The van der Waals surface area contributed by atoms with Gasteiger partial charge in [0.2, 0.25) is 5.91 Å². The van der Waals surface area contributed by atoms with Crippen LogP contribution >= 0.6 is 22.9 Å². The number of halogens is 1. The van der Waals surface area contributed by atoms with E-state index in [4.69, 9.17) is 11.6 Å². The van der Waals surface area contributed by atoms with E-state index in [0.29, 0.717) is 13.0 Å². The van der Waals surface area contributed by atoms with Crippen molar-refractivity contribution in [1.82, 2.24) is 14.9 Å². The number of benzene rings is 1. The normalized spacial score (nSPS) is 14.5. The van der Waals surface area contributed by atoms with Crippen molar-refractivity contribution in [2.75, 3.05) is 42.9 Å². The molecule has 146 valence electrons. The highest BCUT2D eigenvalue weighted by atomic mass is 35.5. The van der Waals surface area contributed by atoms with Crippen molar-refractivity contribution >= 4 is 50.6 Å². The van der Waals surface area contributed by atoms with Gasteiger partial charge in [-0.2, -0.15) is 0 Å². The predicted molar refractivity (Wildman–Crippen MR) is 116 cm³/mol. The van der Waals surface area contributed by atoms with Gasteiger partial charge in [0.15, 0.2) is 0 Å². The second-order valence-electron chi connectivity index (χ2n) is 6.82. The van der Waals surface area contributed by atoms with Gasteiger partial charge in [-0.1, -0.05) is 17.7 Å². The topological polar surface area (TPSA) is 61.4 Å². The van der Waals surface area contributed by atoms with Crippen LogP contribution < -0.4 is 10.2 Å². The molecule has 0 aliphatic carbocycles. The summed E-state index contributed by atoms with van der Waals surface area (Å²) in [6, 6.07) is 9.94. The van der Waals surface area contributed by atoms with Crippen LogP contribution in [-0.4, -0.2) is 53.5 Å². The lowest BCUT2D eigenvalue weighted by Gasteiger charge is -2.36. The molecule has 1 fully saturated rings. The van der Waals surface area contributed by atoms with Gasteiger partial charge in [0.05, 0.1) is 5.39 Å². The summed E-state index contributed by atoms with van der Waals surface area (Å²) < 4.78 is 0. The van der Waals surface area contributed by atoms with Crippen LogP contribution in [0.5, 0.6) is 0 Å². The fourth-order valence-corrected chi connectivity index (χ4v) is 4.48. The van der Waals surface area contributed by atoms with Crippen molar-refractivity contribution in [3.05, 3.63) is 46.6 Å². The van der Waals surface area contributed by atoms with Gasteiger partial charge in [-0.15, -0.1) is 11.3 Å². The fraction of sp³-hybridized carbons (Fsp3) is 0.350. The zero-order chi connectivity index (χ0) is 19.5. The number of fused-ring (bicyclic) bond motifs is 1. The maximum Gasteiger partial charge on any atom is 0.224 e. The van der Waals surface area contributed by atoms with Crippen LogP contribution in [0.1, 0.15) is 11.3 Å². The van der Waals surface area contributed by atoms with Gasteiger partial charge in [-0.25, -0.2) is 9.97 Å². The van der Waals surface area contributed by atoms with E-state index in [-0.39, 0.29) is 5.91 Å². The summed E-state index contributed by atoms with van der Waals surface area (Å²) in [6.45, 7) is 5.72. The monoisotopic (exact) mass is 415 g/mol. The number of rotatable bonds is 5. The van der Waals surface area contributed by atoms with E-state index in [1.807, 2.05) is 23.1 Å². The minimum absolute atomic E-state index is 0.171. The second-order valence-corrected chi connectivity index (χ2v) is 8.49. The molecule has 0 spiro atoms. The first-order valence-electron chi connectivity index (χ1n) is 9.33. The molecule has 6 nitrogen and oxygen atoms in total. The van der Waals surface area contributed by atoms with E-state index < -0.39 is 0 Å². The molecule has 4 rings (SSSR count). The number of hydrogen-bond donors (Lipinski definition) is 1. The predicted octanol–water partition coefficient (Wildman–Crippen LogP) is 3.80. The summed E-state index contributed by atoms with van der Waals surface area (Å²) in [5, 5.41) is 5.05. The molecule has 2 aromatic heterocycles. The Hall–Kier alpha value is -2.38. The van der Waals surface area contributed by atoms with E-state index in [9.17, 15) is 4.79 Å². The Kier molecular flexibility index (Phi) is 5.64. The molecular formula is C20H22ClN5OS. The van der Waals surface area contributed by atoms with Crippen LogP contribution in [0, 0.1) is 6.92 Å². The molecule has 0 bridgehead atoms. The number of nitrogens with one attached hydrogen (secondary N) is 1. The first kappa shape index (κ1) is 19.0. The van der Waals surface area contributed by atoms with Crippen LogP contribution in [0.4, 0.5) is 11.5 Å². The number of amides is 1. The second kappa shape index (κ2) is 8.32. The van der Waals surface area contributed by atoms with Gasteiger partial charge < -0.3 is 15.1 Å². The average Bonchev–Trinajstić information content (AvgIpc) is 3.09. The van der Waals surface area contributed by atoms with Gasteiger partial charge in [-0.05, 0) is 31.2 Å². The van der Waals surface area contributed by atoms with E-state index in [1.165, 1.54) is 4.88 Å². The van der Waals surface area contributed by atoms with Crippen molar-refractivity contribution in [2.24, 2.45) is 0 Å². The maximum atomic E-state index is 12.6. The molecule has 3 heterocycles. The summed E-state index contributed by atoms with van der Waals surface area (Å²) in [5.41, 5.74) is 1.11. The molecule has 3 aromatic rings. The van der Waals surface area contributed by atoms with Crippen LogP contribution in [0.15, 0.2) is 36.7 Å². The number of nitrogens with zero attached hydrogens (tertiary/aromatic N) is 4. The molecular weight excluding hydrogens is 394 g/mol. The molecule has 1 amide bonds. The molecule has 8 heteroatoms. The molecule has 28 heavy (non-hydrogen) atoms. The standard InChI is InChI=1S/C20H22ClN5OS/c1-14-11-17-19(23-13-24-20(17)28-14)22-6-5-18(27)26-9-7-25(8-10-26)16-4-2-3-15(21)12-16/h2-4,11-13H,5-10H2,1H3,(H,22,23,24). The number of thiophene rings is 1. The van der Waals surface area contributed by atoms with Crippen molar-refractivity contribution in [1.29, 1.82) is 0 Å². The van der Waals surface area contributed by atoms with Crippen molar-refractivity contribution in [2.45, 2.75) is 13.3 Å². The summed E-state index contributed by atoms with van der Waals surface area (Å²) in [7, 11) is 0. The third-order valence-electron chi connectivity index (χ3n) is 4.89. The largest absolute Gasteiger partial charge is 0.369 e. The lowest BCUT2D eigenvalue weighted by molar-refractivity contribution is -0.131. The van der Waals surface area contributed by atoms with Crippen molar-refractivity contribution in [3.8, 4) is 0 Å². The Bertz CT molecular complexity index is 984. The first-order valence-corrected chi connectivity index (χ1v) is 10.5. The summed E-state index contributed by atoms with van der Waals surface area (Å²) >= 11 is 7.73. The molecule has 0 unspecified atom stereocenters. The lowest BCUT2D eigenvalue weighted by Crippen LogP contribution is -2.49. The molecule has 0 radical (unpaired) electrons.